The van der Waals surface area contributed by atoms with Gasteiger partial charge in [0.15, 0.2) is 0 Å². The highest BCUT2D eigenvalue weighted by Crippen LogP contribution is 2.58. The fraction of sp³-hybridized carbons (Fsp3) is 0.318. The molecule has 2 amide bonds. The number of carboxylic acids is 1. The maximum Gasteiger partial charge on any atom is 0.308 e. The smallest absolute Gasteiger partial charge is 0.308 e. The number of nitrogens with one attached hydrogen (secondary N) is 1. The number of hydrogen-bond donors (Lipinski definition) is 2. The number of fused-ring (bicyclic) bond motifs is 1. The summed E-state index contributed by atoms with van der Waals surface area (Å²) in [5.41, 5.74) is 3.99. The van der Waals surface area contributed by atoms with E-state index < -0.39 is 17.8 Å². The maximum absolute atomic E-state index is 13.4. The average molecular weight is 378 g/mol. The quantitative estimate of drug-likeness (QED) is 0.849. The zero-order valence-electron chi connectivity index (χ0n) is 15.8. The van der Waals surface area contributed by atoms with E-state index in [0.717, 1.165) is 22.3 Å². The monoisotopic (exact) mass is 378 g/mol. The molecule has 2 N–H and O–H groups in total. The van der Waals surface area contributed by atoms with E-state index in [1.54, 1.807) is 7.05 Å². The van der Waals surface area contributed by atoms with Crippen LogP contribution >= 0.6 is 0 Å². The summed E-state index contributed by atoms with van der Waals surface area (Å²) in [5.74, 6) is -3.91. The molecule has 28 heavy (non-hydrogen) atoms. The van der Waals surface area contributed by atoms with E-state index in [2.05, 4.69) is 5.32 Å². The van der Waals surface area contributed by atoms with Gasteiger partial charge in [-0.3, -0.25) is 14.4 Å². The molecular formula is C22H22N2O4. The lowest BCUT2D eigenvalue weighted by atomic mass is 9.54. The van der Waals surface area contributed by atoms with Crippen LogP contribution in [0.15, 0.2) is 48.5 Å². The summed E-state index contributed by atoms with van der Waals surface area (Å²) in [5, 5.41) is 12.6. The number of benzene rings is 2. The van der Waals surface area contributed by atoms with Gasteiger partial charge in [-0.1, -0.05) is 48.5 Å². The Balaban J connectivity index is 1.86. The predicted octanol–water partition coefficient (Wildman–Crippen LogP) is 1.80. The van der Waals surface area contributed by atoms with E-state index in [-0.39, 0.29) is 30.2 Å². The highest BCUT2D eigenvalue weighted by molar-refractivity contribution is 5.92. The summed E-state index contributed by atoms with van der Waals surface area (Å²) in [7, 11) is 3.06. The lowest BCUT2D eigenvalue weighted by Gasteiger charge is -2.49. The molecule has 0 saturated heterocycles. The predicted molar refractivity (Wildman–Crippen MR) is 103 cm³/mol. The normalized spacial score (nSPS) is 24.1. The number of nitrogens with zero attached hydrogens (tertiary/aromatic N) is 1. The van der Waals surface area contributed by atoms with Crippen LogP contribution in [0.25, 0.3) is 0 Å². The number of hydrogen-bond acceptors (Lipinski definition) is 3. The number of rotatable bonds is 4. The molecule has 0 aromatic heterocycles. The van der Waals surface area contributed by atoms with E-state index in [4.69, 9.17) is 0 Å². The summed E-state index contributed by atoms with van der Waals surface area (Å²) in [6.45, 7) is -0.0984. The van der Waals surface area contributed by atoms with Crippen LogP contribution in [-0.2, 0) is 14.4 Å². The Morgan fingerprint density at radius 2 is 1.32 bits per heavy atom. The molecule has 0 radical (unpaired) electrons. The van der Waals surface area contributed by atoms with Crippen LogP contribution in [0.3, 0.4) is 0 Å². The van der Waals surface area contributed by atoms with Crippen LogP contribution in [-0.4, -0.2) is 48.4 Å². The fourth-order valence-corrected chi connectivity index (χ4v) is 4.90. The first-order chi connectivity index (χ1) is 13.5. The zero-order chi connectivity index (χ0) is 20.0. The summed E-state index contributed by atoms with van der Waals surface area (Å²) in [6, 6.07) is 15.6. The molecule has 2 aromatic rings. The molecule has 144 valence electrons. The molecular weight excluding hydrogens is 356 g/mol. The van der Waals surface area contributed by atoms with Gasteiger partial charge in [-0.05, 0) is 22.3 Å². The number of carbonyl (C=O) groups excluding carboxylic acids is 2. The molecule has 0 aliphatic heterocycles. The molecule has 6 heteroatoms. The number of carboxylic acid groups (broad SMARTS) is 1. The van der Waals surface area contributed by atoms with E-state index in [9.17, 15) is 19.5 Å². The van der Waals surface area contributed by atoms with Gasteiger partial charge in [-0.15, -0.1) is 0 Å². The second-order valence-corrected chi connectivity index (χ2v) is 7.47. The van der Waals surface area contributed by atoms with Crippen LogP contribution in [0.2, 0.25) is 0 Å². The largest absolute Gasteiger partial charge is 0.481 e. The Kier molecular flexibility index (Phi) is 4.41. The molecule has 0 unspecified atom stereocenters. The van der Waals surface area contributed by atoms with Crippen LogP contribution in [0, 0.1) is 11.8 Å². The lowest BCUT2D eigenvalue weighted by Crippen LogP contribution is -2.51. The third-order valence-electron chi connectivity index (χ3n) is 6.04. The third-order valence-corrected chi connectivity index (χ3v) is 6.04. The van der Waals surface area contributed by atoms with Crippen molar-refractivity contribution < 1.29 is 19.5 Å². The molecule has 3 aliphatic rings. The van der Waals surface area contributed by atoms with Gasteiger partial charge in [0.2, 0.25) is 11.8 Å². The first-order valence-corrected chi connectivity index (χ1v) is 9.31. The van der Waals surface area contributed by atoms with Gasteiger partial charge < -0.3 is 15.3 Å². The topological polar surface area (TPSA) is 86.7 Å². The van der Waals surface area contributed by atoms with Gasteiger partial charge in [0.1, 0.15) is 0 Å². The lowest BCUT2D eigenvalue weighted by molar-refractivity contribution is -0.152. The first kappa shape index (κ1) is 18.2. The minimum Gasteiger partial charge on any atom is -0.481 e. The van der Waals surface area contributed by atoms with Gasteiger partial charge in [-0.2, -0.15) is 0 Å². The summed E-state index contributed by atoms with van der Waals surface area (Å²) >= 11 is 0. The van der Waals surface area contributed by atoms with Crippen LogP contribution in [0.1, 0.15) is 34.1 Å². The number of aliphatic carboxylic acids is 1. The fourth-order valence-electron chi connectivity index (χ4n) is 4.90. The van der Waals surface area contributed by atoms with E-state index in [1.165, 1.54) is 11.9 Å². The van der Waals surface area contributed by atoms with E-state index in [1.807, 2.05) is 48.5 Å². The molecule has 2 bridgehead atoms. The first-order valence-electron chi connectivity index (χ1n) is 9.31. The Morgan fingerprint density at radius 1 is 0.893 bits per heavy atom. The minimum absolute atomic E-state index is 0.0984. The second-order valence-electron chi connectivity index (χ2n) is 7.47. The second kappa shape index (κ2) is 6.78. The van der Waals surface area contributed by atoms with Crippen molar-refractivity contribution >= 4 is 17.8 Å². The van der Waals surface area contributed by atoms with Gasteiger partial charge in [0, 0.05) is 25.9 Å². The Morgan fingerprint density at radius 3 is 1.71 bits per heavy atom. The van der Waals surface area contributed by atoms with Gasteiger partial charge >= 0.3 is 5.97 Å². The molecule has 0 fully saturated rings. The molecule has 0 saturated carbocycles. The van der Waals surface area contributed by atoms with Crippen molar-refractivity contribution in [2.45, 2.75) is 11.8 Å². The van der Waals surface area contributed by atoms with Crippen molar-refractivity contribution in [2.24, 2.45) is 11.8 Å². The van der Waals surface area contributed by atoms with Gasteiger partial charge in [-0.25, -0.2) is 0 Å². The number of likely N-dealkylation sites (N-methyl/N-ethyl adjacent to an activating group) is 2. The summed E-state index contributed by atoms with van der Waals surface area (Å²) < 4.78 is 0. The van der Waals surface area contributed by atoms with Crippen LogP contribution in [0.5, 0.6) is 0 Å². The van der Waals surface area contributed by atoms with Gasteiger partial charge in [0.05, 0.1) is 18.4 Å². The van der Waals surface area contributed by atoms with Crippen molar-refractivity contribution in [1.29, 1.82) is 0 Å². The highest BCUT2D eigenvalue weighted by Gasteiger charge is 2.55. The molecule has 6 nitrogen and oxygen atoms in total. The Hall–Kier alpha value is -3.15. The summed E-state index contributed by atoms with van der Waals surface area (Å²) in [4.78, 5) is 38.8. The maximum atomic E-state index is 13.4. The van der Waals surface area contributed by atoms with Crippen molar-refractivity contribution in [3.8, 4) is 0 Å². The van der Waals surface area contributed by atoms with Gasteiger partial charge in [0.25, 0.3) is 0 Å². The molecule has 0 heterocycles. The standard InChI is InChI=1S/C22H22N2O4/c1-23-16(25)11-24(2)21(26)19-17-12-7-3-5-9-14(12)18(20(19)22(27)28)15-10-6-4-8-13(15)17/h3-10,17-20H,11H2,1-2H3,(H,23,25)(H,27,28)/t17?,18?,19-,20+/m0/s1. The van der Waals surface area contributed by atoms with E-state index >= 15 is 0 Å². The Labute approximate surface area is 163 Å². The Bertz CT molecular complexity index is 923. The third kappa shape index (κ3) is 2.59. The highest BCUT2D eigenvalue weighted by atomic mass is 16.4. The van der Waals surface area contributed by atoms with Crippen molar-refractivity contribution in [3.63, 3.8) is 0 Å². The molecule has 3 aliphatic carbocycles. The minimum atomic E-state index is -0.981. The van der Waals surface area contributed by atoms with Crippen LogP contribution in [0.4, 0.5) is 0 Å². The molecule has 5 rings (SSSR count). The average Bonchev–Trinajstić information content (AvgIpc) is 2.72. The van der Waals surface area contributed by atoms with Crippen LogP contribution < -0.4 is 5.32 Å². The zero-order valence-corrected chi connectivity index (χ0v) is 15.8. The number of carbonyl (C=O) groups is 3. The van der Waals surface area contributed by atoms with E-state index in [0.29, 0.717) is 0 Å². The molecule has 2 aromatic carbocycles. The SMILES string of the molecule is CNC(=O)CN(C)C(=O)[C@H]1C2c3ccccc3C(c3ccccc32)[C@H]1C(=O)O. The molecule has 2 atom stereocenters. The van der Waals surface area contributed by atoms with Crippen molar-refractivity contribution in [3.05, 3.63) is 70.8 Å². The summed E-state index contributed by atoms with van der Waals surface area (Å²) in [6.07, 6.45) is 0. The van der Waals surface area contributed by atoms with Crippen molar-refractivity contribution in [2.75, 3.05) is 20.6 Å². The van der Waals surface area contributed by atoms with Crippen molar-refractivity contribution in [1.82, 2.24) is 10.2 Å². The number of amides is 2. The molecule has 0 spiro atoms.